The Morgan fingerprint density at radius 2 is 2.23 bits per heavy atom. The molecule has 0 aliphatic heterocycles. The zero-order valence-electron chi connectivity index (χ0n) is 8.18. The highest BCUT2D eigenvalue weighted by Gasteiger charge is 2.91. The SMILES string of the molecule is C[C@]12CC[C@H]3[C@@]1(C)C[C@@]32C(=O)NN. The number of fused-ring (bicyclic) bond motifs is 1. The molecule has 0 aromatic heterocycles. The highest BCUT2D eigenvalue weighted by molar-refractivity contribution is 5.89. The van der Waals surface area contributed by atoms with Crippen LogP contribution in [0.4, 0.5) is 0 Å². The lowest BCUT2D eigenvalue weighted by Crippen LogP contribution is -2.82. The van der Waals surface area contributed by atoms with Crippen LogP contribution in [0, 0.1) is 22.2 Å². The summed E-state index contributed by atoms with van der Waals surface area (Å²) in [4.78, 5) is 11.7. The van der Waals surface area contributed by atoms with Crippen LogP contribution < -0.4 is 11.3 Å². The number of hydrogen-bond donors (Lipinski definition) is 2. The van der Waals surface area contributed by atoms with Gasteiger partial charge in [-0.1, -0.05) is 13.8 Å². The second kappa shape index (κ2) is 1.65. The number of nitrogens with two attached hydrogens (primary N) is 1. The summed E-state index contributed by atoms with van der Waals surface area (Å²) < 4.78 is 0. The summed E-state index contributed by atoms with van der Waals surface area (Å²) in [7, 11) is 0. The van der Waals surface area contributed by atoms with Crippen LogP contribution in [0.15, 0.2) is 0 Å². The van der Waals surface area contributed by atoms with Gasteiger partial charge >= 0.3 is 0 Å². The van der Waals surface area contributed by atoms with Gasteiger partial charge in [0, 0.05) is 0 Å². The van der Waals surface area contributed by atoms with Crippen LogP contribution in [0.3, 0.4) is 0 Å². The first-order chi connectivity index (χ1) is 6.03. The van der Waals surface area contributed by atoms with Crippen LogP contribution >= 0.6 is 0 Å². The van der Waals surface area contributed by atoms with E-state index in [0.29, 0.717) is 11.3 Å². The molecule has 0 unspecified atom stereocenters. The van der Waals surface area contributed by atoms with E-state index in [4.69, 9.17) is 5.84 Å². The summed E-state index contributed by atoms with van der Waals surface area (Å²) >= 11 is 0. The number of amides is 1. The Labute approximate surface area is 78.0 Å². The lowest BCUT2D eigenvalue weighted by Gasteiger charge is -2.81. The van der Waals surface area contributed by atoms with Crippen LogP contribution in [0.25, 0.3) is 0 Å². The molecule has 0 heterocycles. The normalized spacial score (nSPS) is 61.0. The zero-order valence-corrected chi connectivity index (χ0v) is 8.18. The van der Waals surface area contributed by atoms with Crippen molar-refractivity contribution in [2.45, 2.75) is 33.1 Å². The van der Waals surface area contributed by atoms with Crippen LogP contribution in [0.1, 0.15) is 33.1 Å². The van der Waals surface area contributed by atoms with E-state index in [-0.39, 0.29) is 16.7 Å². The first-order valence-electron chi connectivity index (χ1n) is 5.04. The van der Waals surface area contributed by atoms with Crippen molar-refractivity contribution in [2.24, 2.45) is 28.0 Å². The quantitative estimate of drug-likeness (QED) is 0.356. The van der Waals surface area contributed by atoms with Gasteiger partial charge in [0.1, 0.15) is 0 Å². The molecule has 1 amide bonds. The van der Waals surface area contributed by atoms with Crippen molar-refractivity contribution in [1.29, 1.82) is 0 Å². The Hall–Kier alpha value is -0.570. The van der Waals surface area contributed by atoms with Gasteiger partial charge in [-0.3, -0.25) is 10.2 Å². The van der Waals surface area contributed by atoms with E-state index in [2.05, 4.69) is 19.3 Å². The first-order valence-corrected chi connectivity index (χ1v) is 5.04. The van der Waals surface area contributed by atoms with E-state index in [9.17, 15) is 4.79 Å². The maximum atomic E-state index is 11.7. The molecule has 3 heteroatoms. The maximum Gasteiger partial charge on any atom is 0.240 e. The number of carbonyl (C=O) groups excluding carboxylic acids is 1. The minimum Gasteiger partial charge on any atom is -0.294 e. The van der Waals surface area contributed by atoms with Crippen molar-refractivity contribution >= 4 is 5.91 Å². The van der Waals surface area contributed by atoms with Crippen molar-refractivity contribution in [3.8, 4) is 0 Å². The summed E-state index contributed by atoms with van der Waals surface area (Å²) in [6.45, 7) is 4.59. The molecule has 72 valence electrons. The average molecular weight is 180 g/mol. The largest absolute Gasteiger partial charge is 0.294 e. The molecule has 4 bridgehead atoms. The van der Waals surface area contributed by atoms with E-state index in [1.807, 2.05) is 0 Å². The summed E-state index contributed by atoms with van der Waals surface area (Å²) in [5.74, 6) is 5.95. The Kier molecular flexibility index (Phi) is 0.991. The molecule has 5 rings (SSSR count). The van der Waals surface area contributed by atoms with E-state index in [1.54, 1.807) is 0 Å². The fourth-order valence-electron chi connectivity index (χ4n) is 4.85. The number of rotatable bonds is 1. The van der Waals surface area contributed by atoms with Gasteiger partial charge in [-0.25, -0.2) is 5.84 Å². The van der Waals surface area contributed by atoms with Crippen LogP contribution in [0.2, 0.25) is 0 Å². The predicted molar refractivity (Wildman–Crippen MR) is 48.3 cm³/mol. The molecule has 5 aliphatic rings. The third kappa shape index (κ3) is 0.416. The third-order valence-corrected chi connectivity index (χ3v) is 5.72. The molecular weight excluding hydrogens is 164 g/mol. The van der Waals surface area contributed by atoms with Gasteiger partial charge in [-0.15, -0.1) is 0 Å². The highest BCUT2D eigenvalue weighted by atomic mass is 16.2. The molecule has 5 saturated carbocycles. The molecule has 13 heavy (non-hydrogen) atoms. The molecule has 5 aliphatic carbocycles. The van der Waals surface area contributed by atoms with E-state index < -0.39 is 0 Å². The molecule has 0 spiro atoms. The monoisotopic (exact) mass is 180 g/mol. The summed E-state index contributed by atoms with van der Waals surface area (Å²) in [5.41, 5.74) is 2.99. The molecule has 0 radical (unpaired) electrons. The van der Waals surface area contributed by atoms with Gasteiger partial charge in [-0.05, 0) is 36.0 Å². The third-order valence-electron chi connectivity index (χ3n) is 5.72. The minimum atomic E-state index is -0.0729. The molecule has 4 atom stereocenters. The van der Waals surface area contributed by atoms with E-state index in [0.717, 1.165) is 6.42 Å². The number of hydrogen-bond acceptors (Lipinski definition) is 2. The summed E-state index contributed by atoms with van der Waals surface area (Å²) in [6.07, 6.45) is 3.49. The number of nitrogens with one attached hydrogen (secondary N) is 1. The number of hydrazine groups is 1. The second-order valence-electron chi connectivity index (χ2n) is 5.46. The van der Waals surface area contributed by atoms with Gasteiger partial charge in [0.25, 0.3) is 0 Å². The molecule has 0 aromatic carbocycles. The van der Waals surface area contributed by atoms with Crippen molar-refractivity contribution in [3.05, 3.63) is 0 Å². The smallest absolute Gasteiger partial charge is 0.240 e. The van der Waals surface area contributed by atoms with Crippen molar-refractivity contribution in [3.63, 3.8) is 0 Å². The molecule has 0 aromatic rings. The fraction of sp³-hybridized carbons (Fsp3) is 0.900. The Bertz CT molecular complexity index is 316. The van der Waals surface area contributed by atoms with Gasteiger partial charge < -0.3 is 0 Å². The van der Waals surface area contributed by atoms with Gasteiger partial charge in [-0.2, -0.15) is 0 Å². The van der Waals surface area contributed by atoms with Crippen molar-refractivity contribution < 1.29 is 4.79 Å². The molecule has 5 fully saturated rings. The summed E-state index contributed by atoms with van der Waals surface area (Å²) in [6, 6.07) is 0. The topological polar surface area (TPSA) is 55.1 Å². The standard InChI is InChI=1S/C10H16N2O/c1-8-5-10(7(13)12-11)6(8)3-4-9(8,10)2/h6H,3-5,11H2,1-2H3,(H,12,13)/t6-,8+,9-,10-/m0/s1. The number of carbonyl (C=O) groups is 1. The van der Waals surface area contributed by atoms with Gasteiger partial charge in [0.2, 0.25) is 5.91 Å². The Morgan fingerprint density at radius 1 is 1.54 bits per heavy atom. The Morgan fingerprint density at radius 3 is 2.62 bits per heavy atom. The lowest BCUT2D eigenvalue weighted by atomic mass is 9.21. The van der Waals surface area contributed by atoms with Gasteiger partial charge in [0.15, 0.2) is 0 Å². The first kappa shape index (κ1) is 7.80. The predicted octanol–water partition coefficient (Wildman–Crippen LogP) is 0.803. The van der Waals surface area contributed by atoms with Crippen LogP contribution in [-0.4, -0.2) is 5.91 Å². The van der Waals surface area contributed by atoms with E-state index in [1.165, 1.54) is 12.8 Å². The molecule has 3 nitrogen and oxygen atoms in total. The Balaban J connectivity index is 2.03. The van der Waals surface area contributed by atoms with Crippen LogP contribution in [0.5, 0.6) is 0 Å². The van der Waals surface area contributed by atoms with Crippen molar-refractivity contribution in [1.82, 2.24) is 5.43 Å². The van der Waals surface area contributed by atoms with Gasteiger partial charge in [0.05, 0.1) is 5.41 Å². The van der Waals surface area contributed by atoms with Crippen LogP contribution in [-0.2, 0) is 4.79 Å². The maximum absolute atomic E-state index is 11.7. The van der Waals surface area contributed by atoms with E-state index >= 15 is 0 Å². The zero-order chi connectivity index (χ0) is 9.48. The molecule has 3 N–H and O–H groups in total. The molecular formula is C10H16N2O. The van der Waals surface area contributed by atoms with Crippen molar-refractivity contribution in [2.75, 3.05) is 0 Å². The fourth-order valence-corrected chi connectivity index (χ4v) is 4.85. The lowest BCUT2D eigenvalue weighted by molar-refractivity contribution is -0.328. The average Bonchev–Trinajstić information content (AvgIpc) is 2.48. The molecule has 0 saturated heterocycles. The second-order valence-corrected chi connectivity index (χ2v) is 5.46. The summed E-state index contributed by atoms with van der Waals surface area (Å²) in [5, 5.41) is 0. The minimum absolute atomic E-state index is 0.0729. The highest BCUT2D eigenvalue weighted by Crippen LogP contribution is 2.93.